The predicted octanol–water partition coefficient (Wildman–Crippen LogP) is 3.82. The summed E-state index contributed by atoms with van der Waals surface area (Å²) in [5.74, 6) is 0.409. The second-order valence-electron chi connectivity index (χ2n) is 5.59. The van der Waals surface area contributed by atoms with Gasteiger partial charge in [-0.1, -0.05) is 12.1 Å². The molecule has 3 heteroatoms. The lowest BCUT2D eigenvalue weighted by Crippen LogP contribution is -2.41. The van der Waals surface area contributed by atoms with Crippen LogP contribution < -0.4 is 5.32 Å². The van der Waals surface area contributed by atoms with Crippen molar-refractivity contribution >= 4 is 0 Å². The number of aromatic nitrogens is 1. The topological polar surface area (TPSA) is 24.9 Å². The van der Waals surface area contributed by atoms with Crippen molar-refractivity contribution in [2.45, 2.75) is 37.8 Å². The average Bonchev–Trinajstić information content (AvgIpc) is 2.44. The van der Waals surface area contributed by atoms with Crippen molar-refractivity contribution in [1.29, 1.82) is 0 Å². The quantitative estimate of drug-likeness (QED) is 0.913. The fourth-order valence-electron chi connectivity index (χ4n) is 2.86. The van der Waals surface area contributed by atoms with E-state index in [2.05, 4.69) is 17.2 Å². The lowest BCUT2D eigenvalue weighted by molar-refractivity contribution is 0.271. The minimum absolute atomic E-state index is 0.158. The fraction of sp³-hybridized carbons (Fsp3) is 0.353. The smallest absolute Gasteiger partial charge is 0.123 e. The first kappa shape index (κ1) is 13.3. The number of benzene rings is 1. The van der Waals surface area contributed by atoms with Crippen LogP contribution in [0.4, 0.5) is 4.39 Å². The number of nitrogens with one attached hydrogen (secondary N) is 1. The zero-order valence-corrected chi connectivity index (χ0v) is 11.6. The molecule has 1 atom stereocenters. The molecule has 0 amide bonds. The monoisotopic (exact) mass is 270 g/mol. The molecule has 0 saturated heterocycles. The van der Waals surface area contributed by atoms with Crippen LogP contribution in [0.2, 0.25) is 0 Å². The highest BCUT2D eigenvalue weighted by Gasteiger charge is 2.31. The Bertz CT molecular complexity index is 547. The Labute approximate surface area is 119 Å². The largest absolute Gasteiger partial charge is 0.307 e. The molecule has 0 spiro atoms. The van der Waals surface area contributed by atoms with Crippen molar-refractivity contribution in [3.05, 3.63) is 65.7 Å². The van der Waals surface area contributed by atoms with E-state index in [1.165, 1.54) is 11.1 Å². The van der Waals surface area contributed by atoms with Gasteiger partial charge in [-0.05, 0) is 61.1 Å². The maximum atomic E-state index is 12.9. The fourth-order valence-corrected chi connectivity index (χ4v) is 2.86. The maximum Gasteiger partial charge on any atom is 0.123 e. The first-order valence-corrected chi connectivity index (χ1v) is 7.14. The van der Waals surface area contributed by atoms with Crippen LogP contribution in [0.1, 0.15) is 42.9 Å². The number of hydrogen-bond donors (Lipinski definition) is 1. The zero-order valence-electron chi connectivity index (χ0n) is 11.6. The molecule has 104 valence electrons. The van der Waals surface area contributed by atoms with E-state index in [1.54, 1.807) is 12.1 Å². The molecule has 20 heavy (non-hydrogen) atoms. The Kier molecular flexibility index (Phi) is 3.79. The second kappa shape index (κ2) is 5.71. The molecule has 1 fully saturated rings. The lowest BCUT2D eigenvalue weighted by Gasteiger charge is -2.38. The summed E-state index contributed by atoms with van der Waals surface area (Å²) in [6, 6.07) is 11.9. The van der Waals surface area contributed by atoms with Crippen molar-refractivity contribution in [3.8, 4) is 0 Å². The summed E-state index contributed by atoms with van der Waals surface area (Å²) >= 11 is 0. The van der Waals surface area contributed by atoms with E-state index in [0.29, 0.717) is 18.0 Å². The maximum absolute atomic E-state index is 12.9. The third kappa shape index (κ3) is 2.88. The number of halogens is 1. The molecule has 1 aliphatic rings. The van der Waals surface area contributed by atoms with Gasteiger partial charge in [0.15, 0.2) is 0 Å². The molecule has 1 aliphatic carbocycles. The molecule has 3 rings (SSSR count). The minimum atomic E-state index is -0.158. The van der Waals surface area contributed by atoms with Crippen LogP contribution in [0.3, 0.4) is 0 Å². The van der Waals surface area contributed by atoms with E-state index in [9.17, 15) is 4.39 Å². The lowest BCUT2D eigenvalue weighted by atomic mass is 9.75. The molecule has 1 saturated carbocycles. The van der Waals surface area contributed by atoms with Crippen LogP contribution in [-0.4, -0.2) is 11.0 Å². The molecule has 1 unspecified atom stereocenters. The third-order valence-electron chi connectivity index (χ3n) is 4.17. The summed E-state index contributed by atoms with van der Waals surface area (Å²) < 4.78 is 12.9. The first-order chi connectivity index (χ1) is 9.72. The molecule has 2 nitrogen and oxygen atoms in total. The average molecular weight is 270 g/mol. The molecule has 1 aromatic carbocycles. The number of pyridine rings is 1. The summed E-state index contributed by atoms with van der Waals surface area (Å²) in [6.45, 7) is 2.18. The van der Waals surface area contributed by atoms with E-state index in [-0.39, 0.29) is 5.82 Å². The van der Waals surface area contributed by atoms with Gasteiger partial charge < -0.3 is 5.32 Å². The van der Waals surface area contributed by atoms with Crippen molar-refractivity contribution < 1.29 is 4.39 Å². The van der Waals surface area contributed by atoms with Gasteiger partial charge in [0.05, 0.1) is 0 Å². The molecular formula is C17H19FN2. The van der Waals surface area contributed by atoms with Crippen LogP contribution in [0, 0.1) is 5.82 Å². The van der Waals surface area contributed by atoms with Gasteiger partial charge in [0.1, 0.15) is 5.82 Å². The van der Waals surface area contributed by atoms with E-state index in [4.69, 9.17) is 0 Å². The second-order valence-corrected chi connectivity index (χ2v) is 5.59. The van der Waals surface area contributed by atoms with Gasteiger partial charge in [-0.3, -0.25) is 4.98 Å². The third-order valence-corrected chi connectivity index (χ3v) is 4.17. The summed E-state index contributed by atoms with van der Waals surface area (Å²) in [4.78, 5) is 4.04. The molecule has 0 bridgehead atoms. The Morgan fingerprint density at radius 2 is 1.75 bits per heavy atom. The molecular weight excluding hydrogens is 251 g/mol. The van der Waals surface area contributed by atoms with E-state index in [1.807, 2.05) is 36.7 Å². The first-order valence-electron chi connectivity index (χ1n) is 7.14. The summed E-state index contributed by atoms with van der Waals surface area (Å²) in [5.41, 5.74) is 2.52. The summed E-state index contributed by atoms with van der Waals surface area (Å²) in [6.07, 6.45) is 5.91. The van der Waals surface area contributed by atoms with Gasteiger partial charge in [0, 0.05) is 24.5 Å². The number of rotatable bonds is 4. The normalized spacial score (nSPS) is 23.1. The number of hydrogen-bond acceptors (Lipinski definition) is 2. The van der Waals surface area contributed by atoms with Crippen LogP contribution in [-0.2, 0) is 0 Å². The van der Waals surface area contributed by atoms with Crippen LogP contribution in [0.25, 0.3) is 0 Å². The van der Waals surface area contributed by atoms with Gasteiger partial charge >= 0.3 is 0 Å². The van der Waals surface area contributed by atoms with Crippen molar-refractivity contribution in [2.75, 3.05) is 0 Å². The van der Waals surface area contributed by atoms with E-state index < -0.39 is 0 Å². The molecule has 1 aromatic heterocycles. The summed E-state index contributed by atoms with van der Waals surface area (Å²) in [7, 11) is 0. The van der Waals surface area contributed by atoms with Gasteiger partial charge in [-0.25, -0.2) is 4.39 Å². The Morgan fingerprint density at radius 3 is 2.40 bits per heavy atom. The minimum Gasteiger partial charge on any atom is -0.307 e. The van der Waals surface area contributed by atoms with E-state index in [0.717, 1.165) is 12.8 Å². The van der Waals surface area contributed by atoms with Crippen LogP contribution >= 0.6 is 0 Å². The van der Waals surface area contributed by atoms with Gasteiger partial charge in [0.25, 0.3) is 0 Å². The number of nitrogens with zero attached hydrogens (tertiary/aromatic N) is 1. The predicted molar refractivity (Wildman–Crippen MR) is 78.0 cm³/mol. The van der Waals surface area contributed by atoms with Gasteiger partial charge in [-0.2, -0.15) is 0 Å². The molecule has 1 N–H and O–H groups in total. The van der Waals surface area contributed by atoms with Crippen molar-refractivity contribution in [3.63, 3.8) is 0 Å². The van der Waals surface area contributed by atoms with Crippen molar-refractivity contribution in [1.82, 2.24) is 10.3 Å². The SMILES string of the molecule is CC(NC1CC(c2ccc(F)cc2)C1)c1ccncc1. The van der Waals surface area contributed by atoms with E-state index >= 15 is 0 Å². The van der Waals surface area contributed by atoms with Gasteiger partial charge in [0.2, 0.25) is 0 Å². The molecule has 0 aliphatic heterocycles. The highest BCUT2D eigenvalue weighted by atomic mass is 19.1. The van der Waals surface area contributed by atoms with Gasteiger partial charge in [-0.15, -0.1) is 0 Å². The molecule has 2 aromatic rings. The standard InChI is InChI=1S/C17H19FN2/c1-12(13-6-8-19-9-7-13)20-17-10-15(11-17)14-2-4-16(18)5-3-14/h2-9,12,15,17,20H,10-11H2,1H3. The Hall–Kier alpha value is -1.74. The Balaban J connectivity index is 1.52. The molecule has 0 radical (unpaired) electrons. The highest BCUT2D eigenvalue weighted by molar-refractivity contribution is 5.24. The van der Waals surface area contributed by atoms with Crippen LogP contribution in [0.5, 0.6) is 0 Å². The zero-order chi connectivity index (χ0) is 13.9. The van der Waals surface area contributed by atoms with Crippen molar-refractivity contribution in [2.24, 2.45) is 0 Å². The molecule has 1 heterocycles. The highest BCUT2D eigenvalue weighted by Crippen LogP contribution is 2.37. The summed E-state index contributed by atoms with van der Waals surface area (Å²) in [5, 5.41) is 3.64. The Morgan fingerprint density at radius 1 is 1.10 bits per heavy atom. The van der Waals surface area contributed by atoms with Crippen LogP contribution in [0.15, 0.2) is 48.8 Å².